The smallest absolute Gasteiger partial charge is 0.274 e. The van der Waals surface area contributed by atoms with Crippen molar-refractivity contribution in [3.05, 3.63) is 42.2 Å². The van der Waals surface area contributed by atoms with E-state index >= 15 is 0 Å². The predicted molar refractivity (Wildman–Crippen MR) is 70.6 cm³/mol. The number of nitrogens with two attached hydrogens (primary N) is 1. The summed E-state index contributed by atoms with van der Waals surface area (Å²) < 4.78 is 1.60. The quantitative estimate of drug-likeness (QED) is 0.861. The van der Waals surface area contributed by atoms with Gasteiger partial charge in [0.15, 0.2) is 5.69 Å². The van der Waals surface area contributed by atoms with Crippen LogP contribution in [-0.4, -0.2) is 21.7 Å². The minimum atomic E-state index is -0.253. The molecule has 0 fully saturated rings. The average Bonchev–Trinajstić information content (AvgIpc) is 2.72. The molecule has 0 atom stereocenters. The zero-order valence-corrected chi connectivity index (χ0v) is 10.4. The predicted octanol–water partition coefficient (Wildman–Crippen LogP) is 1.59. The average molecular weight is 244 g/mol. The molecule has 0 aliphatic rings. The molecular weight excluding hydrogens is 228 g/mol. The largest absolute Gasteiger partial charge is 0.396 e. The standard InChI is InChI=1S/C13H16N4O/c1-9(2)15-13(18)12-11(14)8-17(16-12)10-6-4-3-5-7-10/h3-9H,14H2,1-2H3,(H,15,18). The molecule has 3 N–H and O–H groups in total. The molecule has 0 aliphatic heterocycles. The highest BCUT2D eigenvalue weighted by Gasteiger charge is 2.15. The molecule has 0 saturated carbocycles. The van der Waals surface area contributed by atoms with Crippen LogP contribution in [0.1, 0.15) is 24.3 Å². The van der Waals surface area contributed by atoms with Crippen LogP contribution in [0.4, 0.5) is 5.69 Å². The van der Waals surface area contributed by atoms with Crippen LogP contribution in [0.25, 0.3) is 5.69 Å². The van der Waals surface area contributed by atoms with Crippen molar-refractivity contribution in [2.75, 3.05) is 5.73 Å². The third-order valence-corrected chi connectivity index (χ3v) is 2.40. The summed E-state index contributed by atoms with van der Waals surface area (Å²) in [5.41, 5.74) is 7.31. The van der Waals surface area contributed by atoms with Gasteiger partial charge in [-0.1, -0.05) is 18.2 Å². The molecule has 0 aliphatic carbocycles. The Morgan fingerprint density at radius 1 is 1.33 bits per heavy atom. The van der Waals surface area contributed by atoms with Gasteiger partial charge in [-0.05, 0) is 26.0 Å². The minimum Gasteiger partial charge on any atom is -0.396 e. The number of nitrogens with zero attached hydrogens (tertiary/aromatic N) is 2. The van der Waals surface area contributed by atoms with E-state index < -0.39 is 0 Å². The summed E-state index contributed by atoms with van der Waals surface area (Å²) in [7, 11) is 0. The number of rotatable bonds is 3. The van der Waals surface area contributed by atoms with Gasteiger partial charge >= 0.3 is 0 Å². The highest BCUT2D eigenvalue weighted by molar-refractivity contribution is 5.97. The molecular formula is C13H16N4O. The number of hydrogen-bond acceptors (Lipinski definition) is 3. The number of anilines is 1. The number of amides is 1. The lowest BCUT2D eigenvalue weighted by atomic mass is 10.3. The number of nitrogen functional groups attached to an aromatic ring is 1. The van der Waals surface area contributed by atoms with Crippen LogP contribution in [0, 0.1) is 0 Å². The van der Waals surface area contributed by atoms with E-state index in [1.54, 1.807) is 10.9 Å². The van der Waals surface area contributed by atoms with Crippen molar-refractivity contribution in [3.63, 3.8) is 0 Å². The Balaban J connectivity index is 2.30. The van der Waals surface area contributed by atoms with Crippen molar-refractivity contribution >= 4 is 11.6 Å². The minimum absolute atomic E-state index is 0.0544. The number of carbonyl (C=O) groups is 1. The number of hydrogen-bond donors (Lipinski definition) is 2. The number of aromatic nitrogens is 2. The van der Waals surface area contributed by atoms with Crippen LogP contribution in [0.3, 0.4) is 0 Å². The maximum Gasteiger partial charge on any atom is 0.274 e. The highest BCUT2D eigenvalue weighted by Crippen LogP contribution is 2.14. The number of benzene rings is 1. The Kier molecular flexibility index (Phi) is 3.32. The van der Waals surface area contributed by atoms with Gasteiger partial charge in [0.05, 0.1) is 17.6 Å². The summed E-state index contributed by atoms with van der Waals surface area (Å²) >= 11 is 0. The lowest BCUT2D eigenvalue weighted by molar-refractivity contribution is 0.0938. The first kappa shape index (κ1) is 12.2. The van der Waals surface area contributed by atoms with Crippen LogP contribution in [-0.2, 0) is 0 Å². The van der Waals surface area contributed by atoms with Gasteiger partial charge < -0.3 is 11.1 Å². The molecule has 2 rings (SSSR count). The zero-order chi connectivity index (χ0) is 13.1. The molecule has 5 heteroatoms. The molecule has 0 saturated heterocycles. The van der Waals surface area contributed by atoms with E-state index in [1.165, 1.54) is 0 Å². The Bertz CT molecular complexity index is 545. The topological polar surface area (TPSA) is 72.9 Å². The molecule has 0 unspecified atom stereocenters. The summed E-state index contributed by atoms with van der Waals surface area (Å²) in [6.45, 7) is 3.78. The first-order chi connectivity index (χ1) is 8.58. The molecule has 18 heavy (non-hydrogen) atoms. The van der Waals surface area contributed by atoms with Gasteiger partial charge in [0.1, 0.15) is 0 Å². The van der Waals surface area contributed by atoms with Gasteiger partial charge in [-0.2, -0.15) is 5.10 Å². The van der Waals surface area contributed by atoms with Crippen LogP contribution in [0.2, 0.25) is 0 Å². The second kappa shape index (κ2) is 4.91. The Morgan fingerprint density at radius 2 is 2.00 bits per heavy atom. The summed E-state index contributed by atoms with van der Waals surface area (Å²) in [6.07, 6.45) is 1.64. The Hall–Kier alpha value is -2.30. The van der Waals surface area contributed by atoms with E-state index in [9.17, 15) is 4.79 Å². The zero-order valence-electron chi connectivity index (χ0n) is 10.4. The fourth-order valence-electron chi connectivity index (χ4n) is 1.61. The van der Waals surface area contributed by atoms with Gasteiger partial charge in [0, 0.05) is 6.04 Å². The van der Waals surface area contributed by atoms with Crippen molar-refractivity contribution in [3.8, 4) is 5.69 Å². The molecule has 1 aromatic carbocycles. The van der Waals surface area contributed by atoms with Crippen molar-refractivity contribution in [1.82, 2.24) is 15.1 Å². The van der Waals surface area contributed by atoms with Crippen LogP contribution < -0.4 is 11.1 Å². The Labute approximate surface area is 106 Å². The summed E-state index contributed by atoms with van der Waals surface area (Å²) in [6, 6.07) is 9.58. The first-order valence-corrected chi connectivity index (χ1v) is 5.79. The van der Waals surface area contributed by atoms with Crippen LogP contribution in [0.15, 0.2) is 36.5 Å². The van der Waals surface area contributed by atoms with Crippen molar-refractivity contribution in [2.24, 2.45) is 0 Å². The Morgan fingerprint density at radius 3 is 2.61 bits per heavy atom. The summed E-state index contributed by atoms with van der Waals surface area (Å²) in [5.74, 6) is -0.253. The molecule has 1 heterocycles. The highest BCUT2D eigenvalue weighted by atomic mass is 16.2. The monoisotopic (exact) mass is 244 g/mol. The van der Waals surface area contributed by atoms with Gasteiger partial charge in [-0.25, -0.2) is 4.68 Å². The molecule has 0 radical (unpaired) electrons. The van der Waals surface area contributed by atoms with E-state index in [2.05, 4.69) is 10.4 Å². The van der Waals surface area contributed by atoms with Gasteiger partial charge in [0.2, 0.25) is 0 Å². The number of para-hydroxylation sites is 1. The van der Waals surface area contributed by atoms with Gasteiger partial charge in [-0.3, -0.25) is 4.79 Å². The van der Waals surface area contributed by atoms with Crippen molar-refractivity contribution in [1.29, 1.82) is 0 Å². The lowest BCUT2D eigenvalue weighted by Gasteiger charge is -2.06. The molecule has 0 bridgehead atoms. The summed E-state index contributed by atoms with van der Waals surface area (Å²) in [4.78, 5) is 11.9. The van der Waals surface area contributed by atoms with E-state index in [0.29, 0.717) is 5.69 Å². The van der Waals surface area contributed by atoms with E-state index in [1.807, 2.05) is 44.2 Å². The molecule has 0 spiro atoms. The van der Waals surface area contributed by atoms with Crippen LogP contribution in [0.5, 0.6) is 0 Å². The molecule has 2 aromatic rings. The molecule has 1 amide bonds. The lowest BCUT2D eigenvalue weighted by Crippen LogP contribution is -2.31. The number of nitrogens with one attached hydrogen (secondary N) is 1. The third-order valence-electron chi connectivity index (χ3n) is 2.40. The van der Waals surface area contributed by atoms with Gasteiger partial charge in [0.25, 0.3) is 5.91 Å². The van der Waals surface area contributed by atoms with E-state index in [0.717, 1.165) is 5.69 Å². The fourth-order valence-corrected chi connectivity index (χ4v) is 1.61. The maximum absolute atomic E-state index is 11.9. The normalized spacial score (nSPS) is 10.6. The van der Waals surface area contributed by atoms with Crippen LogP contribution >= 0.6 is 0 Å². The maximum atomic E-state index is 11.9. The second-order valence-corrected chi connectivity index (χ2v) is 4.34. The molecule has 94 valence electrons. The fraction of sp³-hybridized carbons (Fsp3) is 0.231. The van der Waals surface area contributed by atoms with Crippen molar-refractivity contribution < 1.29 is 4.79 Å². The number of carbonyl (C=O) groups excluding carboxylic acids is 1. The molecule has 5 nitrogen and oxygen atoms in total. The van der Waals surface area contributed by atoms with Crippen molar-refractivity contribution in [2.45, 2.75) is 19.9 Å². The molecule has 1 aromatic heterocycles. The van der Waals surface area contributed by atoms with Gasteiger partial charge in [-0.15, -0.1) is 0 Å². The van der Waals surface area contributed by atoms with E-state index in [-0.39, 0.29) is 17.6 Å². The SMILES string of the molecule is CC(C)NC(=O)c1nn(-c2ccccc2)cc1N. The third kappa shape index (κ3) is 2.51. The van der Waals surface area contributed by atoms with E-state index in [4.69, 9.17) is 5.73 Å². The summed E-state index contributed by atoms with van der Waals surface area (Å²) in [5, 5.41) is 6.98. The first-order valence-electron chi connectivity index (χ1n) is 5.79. The second-order valence-electron chi connectivity index (χ2n) is 4.34.